The molecule has 1 saturated heterocycles. The zero-order valence-corrected chi connectivity index (χ0v) is 16.9. The molecule has 1 aromatic carbocycles. The Morgan fingerprint density at radius 2 is 1.22 bits per heavy atom. The maximum absolute atomic E-state index is 9.55. The van der Waals surface area contributed by atoms with Gasteiger partial charge in [-0.05, 0) is 18.2 Å². The number of hydrogen-bond acceptors (Lipinski definition) is 7. The lowest BCUT2D eigenvalue weighted by molar-refractivity contribution is -0.134. The zero-order chi connectivity index (χ0) is 23.9. The Hall–Kier alpha value is -4.25. The summed E-state index contributed by atoms with van der Waals surface area (Å²) >= 11 is 0. The first-order chi connectivity index (χ1) is 15.2. The standard InChI is InChI=1S/C13H15N3.2C4H4O4/c1-2-4-12-11(3-1)5-6-13(15-12)16-9-7-14-8-10-16;2*5-3(6)1-2-4(7)8/h1-6,14H,7-10H2;2*1-2H,(H,5,6)(H,7,8)/b;2*2-1+. The van der Waals surface area contributed by atoms with Crippen molar-refractivity contribution in [1.29, 1.82) is 0 Å². The first kappa shape index (κ1) is 25.8. The molecule has 3 rings (SSSR count). The number of piperazine rings is 1. The predicted octanol–water partition coefficient (Wildman–Crippen LogP) is 1.07. The van der Waals surface area contributed by atoms with Crippen LogP contribution >= 0.6 is 0 Å². The number of benzene rings is 1. The molecule has 2 aromatic rings. The van der Waals surface area contributed by atoms with Gasteiger partial charge < -0.3 is 30.6 Å². The van der Waals surface area contributed by atoms with Crippen LogP contribution in [0.2, 0.25) is 0 Å². The average molecular weight is 445 g/mol. The summed E-state index contributed by atoms with van der Waals surface area (Å²) in [5.41, 5.74) is 1.08. The first-order valence-corrected chi connectivity index (χ1v) is 9.28. The lowest BCUT2D eigenvalue weighted by Crippen LogP contribution is -2.43. The fraction of sp³-hybridized carbons (Fsp3) is 0.190. The van der Waals surface area contributed by atoms with Gasteiger partial charge in [-0.3, -0.25) is 0 Å². The van der Waals surface area contributed by atoms with Crippen LogP contribution in [-0.4, -0.2) is 75.5 Å². The topological polar surface area (TPSA) is 177 Å². The van der Waals surface area contributed by atoms with Crippen molar-refractivity contribution in [2.45, 2.75) is 0 Å². The second kappa shape index (κ2) is 13.9. The van der Waals surface area contributed by atoms with Gasteiger partial charge in [-0.2, -0.15) is 0 Å². The highest BCUT2D eigenvalue weighted by molar-refractivity contribution is 5.90. The molecule has 0 spiro atoms. The third-order valence-corrected chi connectivity index (χ3v) is 3.76. The molecule has 2 heterocycles. The molecule has 11 nitrogen and oxygen atoms in total. The van der Waals surface area contributed by atoms with Gasteiger partial charge >= 0.3 is 23.9 Å². The van der Waals surface area contributed by atoms with E-state index in [4.69, 9.17) is 25.4 Å². The van der Waals surface area contributed by atoms with Crippen molar-refractivity contribution < 1.29 is 39.6 Å². The Kier molecular flexibility index (Phi) is 11.2. The van der Waals surface area contributed by atoms with Crippen molar-refractivity contribution >= 4 is 40.6 Å². The molecule has 0 bridgehead atoms. The maximum Gasteiger partial charge on any atom is 0.328 e. The Morgan fingerprint density at radius 1 is 0.750 bits per heavy atom. The molecule has 0 radical (unpaired) electrons. The summed E-state index contributed by atoms with van der Waals surface area (Å²) in [7, 11) is 0. The smallest absolute Gasteiger partial charge is 0.328 e. The molecule has 0 amide bonds. The SMILES string of the molecule is O=C(O)/C=C/C(=O)O.O=C(O)/C=C/C(=O)O.c1ccc2nc(N3CCNCC3)ccc2c1. The second-order valence-corrected chi connectivity index (χ2v) is 6.12. The maximum atomic E-state index is 9.55. The van der Waals surface area contributed by atoms with E-state index < -0.39 is 23.9 Å². The number of aliphatic carboxylic acids is 4. The number of fused-ring (bicyclic) bond motifs is 1. The number of anilines is 1. The van der Waals surface area contributed by atoms with E-state index in [2.05, 4.69) is 40.5 Å². The van der Waals surface area contributed by atoms with Crippen LogP contribution < -0.4 is 10.2 Å². The molecule has 0 saturated carbocycles. The van der Waals surface area contributed by atoms with Crippen molar-refractivity contribution in [3.05, 3.63) is 60.7 Å². The van der Waals surface area contributed by atoms with Crippen molar-refractivity contribution in [3.63, 3.8) is 0 Å². The Balaban J connectivity index is 0.000000273. The van der Waals surface area contributed by atoms with Gasteiger partial charge in [0.05, 0.1) is 5.52 Å². The normalized spacial score (nSPS) is 13.1. The van der Waals surface area contributed by atoms with Gasteiger partial charge in [0.15, 0.2) is 0 Å². The minimum Gasteiger partial charge on any atom is -0.478 e. The number of nitrogens with zero attached hydrogens (tertiary/aromatic N) is 2. The summed E-state index contributed by atoms with van der Waals surface area (Å²) in [6, 6.07) is 12.5. The summed E-state index contributed by atoms with van der Waals surface area (Å²) in [5, 5.41) is 35.8. The lowest BCUT2D eigenvalue weighted by Gasteiger charge is -2.28. The number of hydrogen-bond donors (Lipinski definition) is 5. The molecule has 0 unspecified atom stereocenters. The van der Waals surface area contributed by atoms with Crippen LogP contribution in [0.25, 0.3) is 10.9 Å². The van der Waals surface area contributed by atoms with Crippen LogP contribution in [0.15, 0.2) is 60.7 Å². The number of aromatic nitrogens is 1. The summed E-state index contributed by atoms with van der Waals surface area (Å²) in [6.45, 7) is 4.19. The van der Waals surface area contributed by atoms with Crippen LogP contribution in [0.4, 0.5) is 5.82 Å². The van der Waals surface area contributed by atoms with Crippen molar-refractivity contribution in [2.24, 2.45) is 0 Å². The molecule has 32 heavy (non-hydrogen) atoms. The quantitative estimate of drug-likeness (QED) is 0.416. The third kappa shape index (κ3) is 11.1. The number of carbonyl (C=O) groups is 4. The number of para-hydroxylation sites is 1. The van der Waals surface area contributed by atoms with E-state index in [0.29, 0.717) is 24.3 Å². The van der Waals surface area contributed by atoms with Gasteiger partial charge in [0.1, 0.15) is 5.82 Å². The third-order valence-electron chi connectivity index (χ3n) is 3.76. The number of pyridine rings is 1. The summed E-state index contributed by atoms with van der Waals surface area (Å²) < 4.78 is 0. The highest BCUT2D eigenvalue weighted by Gasteiger charge is 2.11. The van der Waals surface area contributed by atoms with Crippen molar-refractivity contribution in [2.75, 3.05) is 31.1 Å². The lowest BCUT2D eigenvalue weighted by atomic mass is 10.2. The summed E-state index contributed by atoms with van der Waals surface area (Å²) in [4.78, 5) is 45.2. The monoisotopic (exact) mass is 445 g/mol. The zero-order valence-electron chi connectivity index (χ0n) is 16.9. The van der Waals surface area contributed by atoms with E-state index in [9.17, 15) is 19.2 Å². The Morgan fingerprint density at radius 3 is 1.69 bits per heavy atom. The molecule has 11 heteroatoms. The highest BCUT2D eigenvalue weighted by atomic mass is 16.4. The molecule has 5 N–H and O–H groups in total. The van der Waals surface area contributed by atoms with E-state index in [0.717, 1.165) is 37.5 Å². The molecule has 1 fully saturated rings. The Bertz CT molecular complexity index is 931. The number of carboxylic acid groups (broad SMARTS) is 4. The number of nitrogens with one attached hydrogen (secondary N) is 1. The van der Waals surface area contributed by atoms with Crippen LogP contribution in [0.1, 0.15) is 0 Å². The molecular formula is C21H23N3O8. The number of carboxylic acids is 4. The van der Waals surface area contributed by atoms with Gasteiger partial charge in [-0.1, -0.05) is 18.2 Å². The molecule has 0 atom stereocenters. The first-order valence-electron chi connectivity index (χ1n) is 9.28. The number of rotatable bonds is 5. The molecule has 170 valence electrons. The van der Waals surface area contributed by atoms with Crippen LogP contribution in [-0.2, 0) is 19.2 Å². The fourth-order valence-electron chi connectivity index (χ4n) is 2.41. The van der Waals surface area contributed by atoms with Gasteiger partial charge in [0.2, 0.25) is 0 Å². The minimum atomic E-state index is -1.26. The largest absolute Gasteiger partial charge is 0.478 e. The van der Waals surface area contributed by atoms with Gasteiger partial charge in [-0.25, -0.2) is 24.2 Å². The van der Waals surface area contributed by atoms with Crippen LogP contribution in [0, 0.1) is 0 Å². The van der Waals surface area contributed by atoms with E-state index in [1.54, 1.807) is 0 Å². The summed E-state index contributed by atoms with van der Waals surface area (Å²) in [5.74, 6) is -3.93. The van der Waals surface area contributed by atoms with Gasteiger partial charge in [-0.15, -0.1) is 0 Å². The van der Waals surface area contributed by atoms with Gasteiger partial charge in [0, 0.05) is 55.9 Å². The highest BCUT2D eigenvalue weighted by Crippen LogP contribution is 2.17. The molecule has 0 aliphatic carbocycles. The summed E-state index contributed by atoms with van der Waals surface area (Å²) in [6.07, 6.45) is 2.23. The molecule has 1 aliphatic heterocycles. The van der Waals surface area contributed by atoms with E-state index in [1.165, 1.54) is 5.39 Å². The average Bonchev–Trinajstić information content (AvgIpc) is 2.77. The fourth-order valence-corrected chi connectivity index (χ4v) is 2.41. The van der Waals surface area contributed by atoms with Crippen molar-refractivity contribution in [3.8, 4) is 0 Å². The van der Waals surface area contributed by atoms with Crippen LogP contribution in [0.5, 0.6) is 0 Å². The molecular weight excluding hydrogens is 422 g/mol. The van der Waals surface area contributed by atoms with Crippen molar-refractivity contribution in [1.82, 2.24) is 10.3 Å². The van der Waals surface area contributed by atoms with E-state index in [-0.39, 0.29) is 0 Å². The van der Waals surface area contributed by atoms with E-state index in [1.807, 2.05) is 6.07 Å². The second-order valence-electron chi connectivity index (χ2n) is 6.12. The molecule has 1 aliphatic rings. The van der Waals surface area contributed by atoms with E-state index >= 15 is 0 Å². The Labute approximate surface area is 182 Å². The van der Waals surface area contributed by atoms with Gasteiger partial charge in [0.25, 0.3) is 0 Å². The minimum absolute atomic E-state index is 0.558. The van der Waals surface area contributed by atoms with Crippen LogP contribution in [0.3, 0.4) is 0 Å². The molecule has 1 aromatic heterocycles. The predicted molar refractivity (Wildman–Crippen MR) is 116 cm³/mol.